The van der Waals surface area contributed by atoms with Crippen LogP contribution >= 0.6 is 0 Å². The van der Waals surface area contributed by atoms with Crippen LogP contribution in [0.1, 0.15) is 24.9 Å². The van der Waals surface area contributed by atoms with Gasteiger partial charge in [-0.25, -0.2) is 4.79 Å². The molecule has 1 rings (SSSR count). The molecule has 0 saturated heterocycles. The quantitative estimate of drug-likeness (QED) is 0.712. The first-order valence-electron chi connectivity index (χ1n) is 4.43. The molecule has 1 atom stereocenters. The highest BCUT2D eigenvalue weighted by Crippen LogP contribution is 2.06. The van der Waals surface area contributed by atoms with Crippen LogP contribution in [0.3, 0.4) is 0 Å². The summed E-state index contributed by atoms with van der Waals surface area (Å²) < 4.78 is 1.02. The molecule has 1 unspecified atom stereocenters. The highest BCUT2D eigenvalue weighted by atomic mass is 16.4. The Kier molecular flexibility index (Phi) is 3.25. The molecule has 0 aliphatic carbocycles. The molecular formula is C9H9N3O4. The Labute approximate surface area is 89.6 Å². The van der Waals surface area contributed by atoms with Crippen molar-refractivity contribution in [2.24, 2.45) is 0 Å². The van der Waals surface area contributed by atoms with Crippen LogP contribution in [0, 0.1) is 11.3 Å². The Morgan fingerprint density at radius 1 is 1.69 bits per heavy atom. The second-order valence-corrected chi connectivity index (χ2v) is 3.27. The van der Waals surface area contributed by atoms with Crippen molar-refractivity contribution < 1.29 is 9.90 Å². The number of hydrogen-bond donors (Lipinski definition) is 2. The molecule has 0 amide bonds. The van der Waals surface area contributed by atoms with Crippen LogP contribution in [0.15, 0.2) is 15.8 Å². The zero-order valence-electron chi connectivity index (χ0n) is 8.43. The van der Waals surface area contributed by atoms with E-state index in [1.807, 2.05) is 4.98 Å². The van der Waals surface area contributed by atoms with E-state index in [1.165, 1.54) is 6.92 Å². The number of aromatic nitrogens is 2. The van der Waals surface area contributed by atoms with Gasteiger partial charge in [0.2, 0.25) is 0 Å². The maximum absolute atomic E-state index is 11.3. The van der Waals surface area contributed by atoms with Gasteiger partial charge in [0.15, 0.2) is 0 Å². The van der Waals surface area contributed by atoms with Gasteiger partial charge in [0.25, 0.3) is 5.56 Å². The van der Waals surface area contributed by atoms with Crippen molar-refractivity contribution in [3.8, 4) is 6.07 Å². The Bertz CT molecular complexity index is 563. The third-order valence-electron chi connectivity index (χ3n) is 2.03. The van der Waals surface area contributed by atoms with Crippen LogP contribution in [0.4, 0.5) is 0 Å². The van der Waals surface area contributed by atoms with Crippen molar-refractivity contribution in [2.45, 2.75) is 19.4 Å². The minimum Gasteiger partial charge on any atom is -0.481 e. The molecule has 1 aromatic rings. The fourth-order valence-corrected chi connectivity index (χ4v) is 1.24. The lowest BCUT2D eigenvalue weighted by Gasteiger charge is -2.11. The summed E-state index contributed by atoms with van der Waals surface area (Å²) in [5.74, 6) is -1.07. The molecule has 0 spiro atoms. The second-order valence-electron chi connectivity index (χ2n) is 3.27. The van der Waals surface area contributed by atoms with Crippen LogP contribution in [0.25, 0.3) is 0 Å². The number of carbonyl (C=O) groups is 1. The highest BCUT2D eigenvalue weighted by Gasteiger charge is 2.13. The number of H-pyrrole nitrogens is 1. The molecule has 0 bridgehead atoms. The van der Waals surface area contributed by atoms with Crippen molar-refractivity contribution in [1.82, 2.24) is 9.55 Å². The van der Waals surface area contributed by atoms with Crippen molar-refractivity contribution >= 4 is 5.97 Å². The number of hydrogen-bond acceptors (Lipinski definition) is 4. The number of aromatic amines is 1. The molecule has 0 aliphatic heterocycles. The fraction of sp³-hybridized carbons (Fsp3) is 0.333. The zero-order chi connectivity index (χ0) is 12.3. The minimum absolute atomic E-state index is 0.225. The van der Waals surface area contributed by atoms with Gasteiger partial charge >= 0.3 is 11.7 Å². The number of carboxylic acid groups (broad SMARTS) is 1. The minimum atomic E-state index is -1.07. The SMILES string of the molecule is CC(CC(=O)O)n1cc(C#N)c(=O)[nH]c1=O. The summed E-state index contributed by atoms with van der Waals surface area (Å²) in [6.07, 6.45) is 0.797. The third kappa shape index (κ3) is 2.36. The van der Waals surface area contributed by atoms with E-state index in [0.29, 0.717) is 0 Å². The lowest BCUT2D eigenvalue weighted by molar-refractivity contribution is -0.137. The van der Waals surface area contributed by atoms with Gasteiger partial charge in [-0.2, -0.15) is 5.26 Å². The first kappa shape index (κ1) is 11.7. The number of nitriles is 1. The van der Waals surface area contributed by atoms with Crippen molar-refractivity contribution in [2.75, 3.05) is 0 Å². The van der Waals surface area contributed by atoms with E-state index in [2.05, 4.69) is 0 Å². The van der Waals surface area contributed by atoms with E-state index < -0.39 is 23.3 Å². The summed E-state index contributed by atoms with van der Waals surface area (Å²) in [7, 11) is 0. The molecule has 16 heavy (non-hydrogen) atoms. The standard InChI is InChI=1S/C9H9N3O4/c1-5(2-7(13)14)12-4-6(3-10)8(15)11-9(12)16/h4-5H,2H2,1H3,(H,13,14)(H,11,15,16). The molecule has 1 heterocycles. The summed E-state index contributed by atoms with van der Waals surface area (Å²) >= 11 is 0. The molecule has 7 heteroatoms. The molecule has 0 aliphatic rings. The van der Waals surface area contributed by atoms with Gasteiger partial charge in [0, 0.05) is 12.2 Å². The Morgan fingerprint density at radius 2 is 2.31 bits per heavy atom. The predicted octanol–water partition coefficient (Wildman–Crippen LogP) is -0.556. The molecule has 84 valence electrons. The third-order valence-corrected chi connectivity index (χ3v) is 2.03. The lowest BCUT2D eigenvalue weighted by atomic mass is 10.2. The van der Waals surface area contributed by atoms with E-state index in [0.717, 1.165) is 10.8 Å². The first-order valence-corrected chi connectivity index (χ1v) is 4.43. The fourth-order valence-electron chi connectivity index (χ4n) is 1.24. The van der Waals surface area contributed by atoms with Gasteiger partial charge in [0.05, 0.1) is 6.42 Å². The maximum Gasteiger partial charge on any atom is 0.328 e. The number of nitrogens with zero attached hydrogens (tertiary/aromatic N) is 2. The largest absolute Gasteiger partial charge is 0.481 e. The molecule has 0 aromatic carbocycles. The number of rotatable bonds is 3. The molecule has 7 nitrogen and oxygen atoms in total. The van der Waals surface area contributed by atoms with Crippen LogP contribution < -0.4 is 11.2 Å². The molecule has 0 saturated carbocycles. The lowest BCUT2D eigenvalue weighted by Crippen LogP contribution is -2.33. The summed E-state index contributed by atoms with van der Waals surface area (Å²) in [5.41, 5.74) is -1.72. The van der Waals surface area contributed by atoms with E-state index >= 15 is 0 Å². The van der Waals surface area contributed by atoms with Crippen LogP contribution in [0.2, 0.25) is 0 Å². The van der Waals surface area contributed by atoms with Crippen molar-refractivity contribution in [3.05, 3.63) is 32.6 Å². The monoisotopic (exact) mass is 223 g/mol. The highest BCUT2D eigenvalue weighted by molar-refractivity contribution is 5.67. The summed E-state index contributed by atoms with van der Waals surface area (Å²) in [5, 5.41) is 17.2. The average Bonchev–Trinajstić information content (AvgIpc) is 2.16. The first-order chi connectivity index (χ1) is 7.45. The van der Waals surface area contributed by atoms with Gasteiger partial charge in [-0.05, 0) is 6.92 Å². The van der Waals surface area contributed by atoms with Gasteiger partial charge in [-0.1, -0.05) is 0 Å². The molecule has 2 N–H and O–H groups in total. The topological polar surface area (TPSA) is 116 Å². The molecule has 0 fully saturated rings. The molecular weight excluding hydrogens is 214 g/mol. The summed E-state index contributed by atoms with van der Waals surface area (Å²) in [4.78, 5) is 34.8. The van der Waals surface area contributed by atoms with Gasteiger partial charge in [-0.3, -0.25) is 19.1 Å². The van der Waals surface area contributed by atoms with E-state index in [9.17, 15) is 14.4 Å². The zero-order valence-corrected chi connectivity index (χ0v) is 8.43. The predicted molar refractivity (Wildman–Crippen MR) is 53.0 cm³/mol. The van der Waals surface area contributed by atoms with Gasteiger partial charge in [-0.15, -0.1) is 0 Å². The Hall–Kier alpha value is -2.36. The summed E-state index contributed by atoms with van der Waals surface area (Å²) in [6.45, 7) is 1.51. The average molecular weight is 223 g/mol. The smallest absolute Gasteiger partial charge is 0.328 e. The van der Waals surface area contributed by atoms with Gasteiger partial charge < -0.3 is 5.11 Å². The number of carboxylic acids is 1. The Morgan fingerprint density at radius 3 is 2.81 bits per heavy atom. The summed E-state index contributed by atoms with van der Waals surface area (Å²) in [6, 6.07) is 0.990. The number of nitrogens with one attached hydrogen (secondary N) is 1. The van der Waals surface area contributed by atoms with Crippen molar-refractivity contribution in [1.29, 1.82) is 5.26 Å². The number of aliphatic carboxylic acids is 1. The van der Waals surface area contributed by atoms with Crippen molar-refractivity contribution in [3.63, 3.8) is 0 Å². The van der Waals surface area contributed by atoms with E-state index in [1.54, 1.807) is 6.07 Å². The van der Waals surface area contributed by atoms with Crippen LogP contribution in [-0.4, -0.2) is 20.6 Å². The Balaban J connectivity index is 3.25. The normalized spacial score (nSPS) is 11.8. The molecule has 1 aromatic heterocycles. The van der Waals surface area contributed by atoms with E-state index in [-0.39, 0.29) is 12.0 Å². The second kappa shape index (κ2) is 4.44. The van der Waals surface area contributed by atoms with Crippen LogP contribution in [-0.2, 0) is 4.79 Å². The molecule has 0 radical (unpaired) electrons. The van der Waals surface area contributed by atoms with Gasteiger partial charge in [0.1, 0.15) is 11.6 Å². The maximum atomic E-state index is 11.3. The van der Waals surface area contributed by atoms with Crippen LogP contribution in [0.5, 0.6) is 0 Å². The van der Waals surface area contributed by atoms with E-state index in [4.69, 9.17) is 10.4 Å².